The Morgan fingerprint density at radius 1 is 1.02 bits per heavy atom. The summed E-state index contributed by atoms with van der Waals surface area (Å²) in [7, 11) is 3.52. The summed E-state index contributed by atoms with van der Waals surface area (Å²) in [5.41, 5.74) is -1.74. The van der Waals surface area contributed by atoms with Gasteiger partial charge in [-0.15, -0.1) is 0 Å². The molecule has 0 spiro atoms. The second-order valence-corrected chi connectivity index (χ2v) is 11.3. The third-order valence-corrected chi connectivity index (χ3v) is 8.76. The first-order valence-electron chi connectivity index (χ1n) is 13.5. The molecule has 2 aromatic carbocycles. The highest BCUT2D eigenvalue weighted by Crippen LogP contribution is 2.41. The van der Waals surface area contributed by atoms with Gasteiger partial charge in [-0.25, -0.2) is 9.18 Å². The predicted octanol–water partition coefficient (Wildman–Crippen LogP) is 3.97. The van der Waals surface area contributed by atoms with Crippen LogP contribution >= 0.6 is 0 Å². The second-order valence-electron chi connectivity index (χ2n) is 11.3. The van der Waals surface area contributed by atoms with E-state index in [1.807, 2.05) is 0 Å². The number of piperidine rings is 1. The monoisotopic (exact) mass is 717 g/mol. The third kappa shape index (κ3) is 7.32. The summed E-state index contributed by atoms with van der Waals surface area (Å²) < 4.78 is 101. The smallest absolute Gasteiger partial charge is 0.416 e. The topological polar surface area (TPSA) is 32.8 Å². The number of hydrogen-bond acceptors (Lipinski definition) is 2. The van der Waals surface area contributed by atoms with Crippen molar-refractivity contribution in [3.05, 3.63) is 70.0 Å². The van der Waals surface area contributed by atoms with Crippen molar-refractivity contribution in [2.24, 2.45) is 0 Å². The van der Waals surface area contributed by atoms with Crippen molar-refractivity contribution >= 4 is 6.03 Å². The van der Waals surface area contributed by atoms with Gasteiger partial charge < -0.3 is 43.0 Å². The van der Waals surface area contributed by atoms with Crippen LogP contribution in [0.25, 0.3) is 0 Å². The Bertz CT molecular complexity index is 1230. The molecule has 5 nitrogen and oxygen atoms in total. The number of aryl methyl sites for hydroxylation is 1. The molecule has 2 saturated heterocycles. The van der Waals surface area contributed by atoms with E-state index in [1.165, 1.54) is 31.0 Å². The molecule has 2 aromatic rings. The molecule has 13 heteroatoms. The molecule has 0 aromatic heterocycles. The molecule has 0 aliphatic carbocycles. The van der Waals surface area contributed by atoms with Crippen LogP contribution in [0.4, 0.5) is 35.5 Å². The molecule has 42 heavy (non-hydrogen) atoms. The number of amides is 2. The van der Waals surface area contributed by atoms with Crippen LogP contribution in [0.1, 0.15) is 59.7 Å². The van der Waals surface area contributed by atoms with Crippen molar-refractivity contribution in [2.45, 2.75) is 57.2 Å². The molecule has 2 heterocycles. The molecule has 2 aliphatic rings. The highest BCUT2D eigenvalue weighted by molar-refractivity contribution is 5.75. The zero-order valence-electron chi connectivity index (χ0n) is 23.8. The fourth-order valence-corrected chi connectivity index (χ4v) is 5.99. The van der Waals surface area contributed by atoms with Gasteiger partial charge in [0.2, 0.25) is 0 Å². The Labute approximate surface area is 258 Å². The lowest BCUT2D eigenvalue weighted by atomic mass is 9.87. The number of alkyl halides is 6. The number of rotatable bonds is 4. The van der Waals surface area contributed by atoms with Gasteiger partial charge in [0.25, 0.3) is 0 Å². The van der Waals surface area contributed by atoms with Crippen LogP contribution in [-0.2, 0) is 17.1 Å². The van der Waals surface area contributed by atoms with Crippen molar-refractivity contribution in [3.8, 4) is 0 Å². The van der Waals surface area contributed by atoms with Crippen molar-refractivity contribution in [2.75, 3.05) is 46.9 Å². The maximum atomic E-state index is 14.0. The number of nitrogens with zero attached hydrogens (tertiary/aromatic N) is 3. The third-order valence-electron chi connectivity index (χ3n) is 8.76. The van der Waals surface area contributed by atoms with E-state index in [0.29, 0.717) is 50.3 Å². The molecular weight excluding hydrogens is 682 g/mol. The van der Waals surface area contributed by atoms with Crippen molar-refractivity contribution in [1.29, 1.82) is 0 Å². The summed E-state index contributed by atoms with van der Waals surface area (Å²) in [4.78, 5) is 16.7. The van der Waals surface area contributed by atoms with Gasteiger partial charge in [-0.05, 0) is 60.9 Å². The van der Waals surface area contributed by atoms with Gasteiger partial charge in [-0.1, -0.05) is 6.07 Å². The van der Waals surface area contributed by atoms with Crippen LogP contribution in [0.15, 0.2) is 36.4 Å². The van der Waals surface area contributed by atoms with Crippen LogP contribution in [0, 0.1) is 12.7 Å². The van der Waals surface area contributed by atoms with Crippen LogP contribution in [0.2, 0.25) is 0 Å². The van der Waals surface area contributed by atoms with Crippen LogP contribution in [0.3, 0.4) is 0 Å². The molecule has 0 bridgehead atoms. The van der Waals surface area contributed by atoms with Crippen LogP contribution < -0.4 is 24.0 Å². The van der Waals surface area contributed by atoms with E-state index in [0.717, 1.165) is 23.1 Å². The predicted molar refractivity (Wildman–Crippen MR) is 138 cm³/mol. The van der Waals surface area contributed by atoms with Crippen LogP contribution in [0.5, 0.6) is 0 Å². The summed E-state index contributed by atoms with van der Waals surface area (Å²) >= 11 is 0. The number of likely N-dealkylation sites (N-methyl/N-ethyl adjacent to an activating group) is 1. The quantitative estimate of drug-likeness (QED) is 0.273. The zero-order valence-corrected chi connectivity index (χ0v) is 26.0. The maximum Gasteiger partial charge on any atom is 0.416 e. The summed E-state index contributed by atoms with van der Waals surface area (Å²) in [5.74, 6) is -0.417. The van der Waals surface area contributed by atoms with Gasteiger partial charge in [0.1, 0.15) is 18.9 Å². The largest absolute Gasteiger partial charge is 1.00 e. The number of urea groups is 1. The number of quaternary nitrogens is 1. The first-order valence-corrected chi connectivity index (χ1v) is 13.5. The van der Waals surface area contributed by atoms with E-state index >= 15 is 0 Å². The fraction of sp³-hybridized carbons (Fsp3) is 0.552. The summed E-state index contributed by atoms with van der Waals surface area (Å²) in [6.07, 6.45) is -8.77. The molecular formula is C29H35F7IN3O2. The summed E-state index contributed by atoms with van der Waals surface area (Å²) in [5, 5.41) is 0. The molecule has 4 rings (SSSR count). The van der Waals surface area contributed by atoms with Gasteiger partial charge in [-0.2, -0.15) is 26.3 Å². The molecule has 234 valence electrons. The lowest BCUT2D eigenvalue weighted by Crippen LogP contribution is -3.00. The van der Waals surface area contributed by atoms with E-state index in [-0.39, 0.29) is 41.6 Å². The van der Waals surface area contributed by atoms with E-state index in [9.17, 15) is 35.5 Å². The molecule has 0 N–H and O–H groups in total. The molecule has 3 atom stereocenters. The molecule has 0 radical (unpaired) electrons. The lowest BCUT2D eigenvalue weighted by Gasteiger charge is -2.50. The number of likely N-dealkylation sites (tertiary alicyclic amines) is 1. The minimum atomic E-state index is -5.00. The van der Waals surface area contributed by atoms with Gasteiger partial charge in [0.05, 0.1) is 49.5 Å². The minimum absolute atomic E-state index is 0. The highest BCUT2D eigenvalue weighted by Gasteiger charge is 2.44. The first kappa shape index (κ1) is 34.4. The average molecular weight is 718 g/mol. The molecule has 2 amide bonds. The number of carbonyl (C=O) groups is 1. The van der Waals surface area contributed by atoms with Gasteiger partial charge in [-0.3, -0.25) is 0 Å². The van der Waals surface area contributed by atoms with E-state index < -0.39 is 47.4 Å². The van der Waals surface area contributed by atoms with Crippen molar-refractivity contribution in [1.82, 2.24) is 9.80 Å². The Kier molecular flexibility index (Phi) is 10.5. The Balaban J connectivity index is 0.00000484. The summed E-state index contributed by atoms with van der Waals surface area (Å²) in [6.45, 7) is 6.33. The summed E-state index contributed by atoms with van der Waals surface area (Å²) in [6, 6.07) is 3.84. The second kappa shape index (κ2) is 12.8. The number of ether oxygens (including phenoxy) is 1. The number of carbonyl (C=O) groups excluding carboxylic acids is 1. The number of halogens is 8. The maximum absolute atomic E-state index is 14.0. The number of hydrogen-bond donors (Lipinski definition) is 0. The average Bonchev–Trinajstić information content (AvgIpc) is 2.91. The standard InChI is InChI=1S/C29H35F7N3O2.HI/c1-18-13-23(30)5-6-25(18)26-17-24(39(4)9-11-41-12-10-39)7-8-38(26)27(40)37(3)19(2)20-14-21(28(31,32)33)16-22(15-20)29(34,35)36;/h5-6,13-16,19,24,26H,7-12,17H2,1-4H3;1H/q+1;/p-1/t19-,24+,26-;/m1./s1. The van der Waals surface area contributed by atoms with E-state index in [1.54, 1.807) is 17.9 Å². The molecule has 0 saturated carbocycles. The fourth-order valence-electron chi connectivity index (χ4n) is 5.99. The highest BCUT2D eigenvalue weighted by atomic mass is 127. The van der Waals surface area contributed by atoms with Gasteiger partial charge >= 0.3 is 18.4 Å². The van der Waals surface area contributed by atoms with Crippen LogP contribution in [-0.4, -0.2) is 73.3 Å². The van der Waals surface area contributed by atoms with Gasteiger partial charge in [0.15, 0.2) is 0 Å². The molecule has 2 aliphatic heterocycles. The normalized spacial score (nSPS) is 21.8. The Hall–Kier alpha value is -2.13. The SMILES string of the molecule is Cc1cc(F)ccc1[C@H]1C[C@@H]([N+]2(C)CCOCC2)CCN1C(=O)N(C)[C@H](C)c1cc(C(F)(F)F)cc(C(F)(F)F)c1.[I-]. The van der Waals surface area contributed by atoms with Crippen molar-refractivity contribution < 1.29 is 68.7 Å². The Morgan fingerprint density at radius 2 is 1.60 bits per heavy atom. The minimum Gasteiger partial charge on any atom is -1.00 e. The van der Waals surface area contributed by atoms with E-state index in [4.69, 9.17) is 4.74 Å². The van der Waals surface area contributed by atoms with E-state index in [2.05, 4.69) is 7.05 Å². The lowest BCUT2D eigenvalue weighted by molar-refractivity contribution is -0.941. The first-order chi connectivity index (χ1) is 19.0. The Morgan fingerprint density at radius 3 is 2.12 bits per heavy atom. The number of morpholine rings is 1. The van der Waals surface area contributed by atoms with Crippen molar-refractivity contribution in [3.63, 3.8) is 0 Å². The van der Waals surface area contributed by atoms with Gasteiger partial charge in [0, 0.05) is 26.4 Å². The molecule has 0 unspecified atom stereocenters. The number of benzene rings is 2. The molecule has 2 fully saturated rings. The zero-order chi connectivity index (χ0) is 30.3.